The lowest BCUT2D eigenvalue weighted by molar-refractivity contribution is -0.662. The highest BCUT2D eigenvalue weighted by atomic mass is 16.5. The second-order valence-corrected chi connectivity index (χ2v) is 6.76. The summed E-state index contributed by atoms with van der Waals surface area (Å²) in [6.45, 7) is 11.6. The van der Waals surface area contributed by atoms with Gasteiger partial charge in [0.25, 0.3) is 6.33 Å². The van der Waals surface area contributed by atoms with Crippen LogP contribution in [0.2, 0.25) is 0 Å². The fourth-order valence-electron chi connectivity index (χ4n) is 4.03. The van der Waals surface area contributed by atoms with Gasteiger partial charge in [0.15, 0.2) is 16.9 Å². The van der Waals surface area contributed by atoms with Crippen molar-refractivity contribution in [2.24, 2.45) is 7.05 Å². The number of hydrogen-bond donors (Lipinski definition) is 0. The highest BCUT2D eigenvalue weighted by Gasteiger charge is 2.31. The number of hydrogen-bond acceptors (Lipinski definition) is 2. The van der Waals surface area contributed by atoms with E-state index in [9.17, 15) is 0 Å². The average molecular weight is 338 g/mol. The molecule has 1 aliphatic rings. The predicted octanol–water partition coefficient (Wildman–Crippen LogP) is 5.15. The Morgan fingerprint density at radius 1 is 1.08 bits per heavy atom. The van der Waals surface area contributed by atoms with E-state index in [4.69, 9.17) is 11.3 Å². The fourth-order valence-corrected chi connectivity index (χ4v) is 4.03. The maximum absolute atomic E-state index is 7.37. The zero-order valence-electron chi connectivity index (χ0n) is 14.8. The number of rotatable bonds is 0. The molecule has 4 nitrogen and oxygen atoms in total. The first-order valence-electron chi connectivity index (χ1n) is 8.50. The molecule has 0 saturated heterocycles. The molecule has 3 aromatic carbocycles. The first-order valence-corrected chi connectivity index (χ1v) is 8.50. The average Bonchev–Trinajstić information content (AvgIpc) is 2.67. The first-order chi connectivity index (χ1) is 12.6. The van der Waals surface area contributed by atoms with Gasteiger partial charge in [0.2, 0.25) is 0 Å². The lowest BCUT2D eigenvalue weighted by Crippen LogP contribution is -2.33. The topological polar surface area (TPSA) is 30.4 Å². The van der Waals surface area contributed by atoms with Crippen molar-refractivity contribution in [1.29, 1.82) is 0 Å². The zero-order valence-corrected chi connectivity index (χ0v) is 14.8. The summed E-state index contributed by atoms with van der Waals surface area (Å²) in [7, 11) is 2.01. The Kier molecular flexibility index (Phi) is 2.87. The van der Waals surface area contributed by atoms with E-state index in [1.54, 1.807) is 0 Å². The van der Waals surface area contributed by atoms with Crippen LogP contribution in [0.15, 0.2) is 42.7 Å². The number of benzene rings is 3. The van der Waals surface area contributed by atoms with Gasteiger partial charge in [-0.1, -0.05) is 24.3 Å². The maximum Gasteiger partial charge on any atom is 0.287 e. The molecule has 0 radical (unpaired) electrons. The van der Waals surface area contributed by atoms with Crippen molar-refractivity contribution in [2.45, 2.75) is 13.8 Å². The van der Waals surface area contributed by atoms with Gasteiger partial charge in [0, 0.05) is 5.56 Å². The van der Waals surface area contributed by atoms with E-state index >= 15 is 0 Å². The fraction of sp³-hybridized carbons (Fsp3) is 0.136. The van der Waals surface area contributed by atoms with Crippen LogP contribution in [0.3, 0.4) is 0 Å². The largest absolute Gasteiger partial charge is 0.457 e. The molecule has 0 atom stereocenters. The second kappa shape index (κ2) is 5.03. The van der Waals surface area contributed by atoms with E-state index in [0.29, 0.717) is 11.4 Å². The van der Waals surface area contributed by atoms with Gasteiger partial charge in [0.1, 0.15) is 16.9 Å². The molecule has 1 aromatic heterocycles. The normalized spacial score (nSPS) is 11.9. The van der Waals surface area contributed by atoms with Gasteiger partial charge in [-0.15, -0.1) is 0 Å². The minimum absolute atomic E-state index is 0.540. The molecule has 4 heteroatoms. The third-order valence-electron chi connectivity index (χ3n) is 5.28. The van der Waals surface area contributed by atoms with Crippen molar-refractivity contribution >= 4 is 27.4 Å². The van der Waals surface area contributed by atoms with E-state index in [-0.39, 0.29) is 0 Å². The standard InChI is InChI=1S/C22H16N3O/c1-12-15-7-5-6-8-16(15)13(2)22-19(12)21-20-17(24-11-25(21)4)9-14(23-3)10-18(20)26-22/h5-11H,1-2,4H3/q+1. The first kappa shape index (κ1) is 14.9. The van der Waals surface area contributed by atoms with Crippen LogP contribution in [0.4, 0.5) is 5.69 Å². The molecule has 0 saturated carbocycles. The van der Waals surface area contributed by atoms with E-state index in [2.05, 4.69) is 47.9 Å². The minimum atomic E-state index is 0.540. The summed E-state index contributed by atoms with van der Waals surface area (Å²) in [5.74, 6) is 1.58. The molecule has 0 N–H and O–H groups in total. The highest BCUT2D eigenvalue weighted by Crippen LogP contribution is 2.50. The molecule has 0 fully saturated rings. The monoisotopic (exact) mass is 338 g/mol. The quantitative estimate of drug-likeness (QED) is 0.289. The number of aryl methyl sites for hydroxylation is 3. The molecule has 0 aliphatic carbocycles. The highest BCUT2D eigenvalue weighted by molar-refractivity contribution is 6.06. The van der Waals surface area contributed by atoms with Gasteiger partial charge in [-0.25, -0.2) is 9.41 Å². The molecule has 0 bridgehead atoms. The van der Waals surface area contributed by atoms with Crippen LogP contribution in [0, 0.1) is 20.4 Å². The summed E-state index contributed by atoms with van der Waals surface area (Å²) in [6, 6.07) is 12.1. The predicted molar refractivity (Wildman–Crippen MR) is 102 cm³/mol. The van der Waals surface area contributed by atoms with Gasteiger partial charge in [-0.2, -0.15) is 0 Å². The summed E-state index contributed by atoms with van der Waals surface area (Å²) >= 11 is 0. The molecule has 0 unspecified atom stereocenters. The van der Waals surface area contributed by atoms with Crippen LogP contribution in [0.25, 0.3) is 37.8 Å². The van der Waals surface area contributed by atoms with Crippen LogP contribution < -0.4 is 9.30 Å². The summed E-state index contributed by atoms with van der Waals surface area (Å²) in [5, 5.41) is 3.40. The number of ether oxygens (including phenoxy) is 1. The number of fused-ring (bicyclic) bond motifs is 3. The van der Waals surface area contributed by atoms with Crippen molar-refractivity contribution in [3.63, 3.8) is 0 Å². The van der Waals surface area contributed by atoms with Crippen molar-refractivity contribution < 1.29 is 9.30 Å². The molecule has 5 rings (SSSR count). The van der Waals surface area contributed by atoms with E-state index in [1.807, 2.05) is 30.1 Å². The summed E-state index contributed by atoms with van der Waals surface area (Å²) in [5.41, 5.74) is 5.85. The van der Waals surface area contributed by atoms with Crippen LogP contribution >= 0.6 is 0 Å². The molecule has 4 aromatic rings. The van der Waals surface area contributed by atoms with E-state index < -0.39 is 0 Å². The Bertz CT molecular complexity index is 1300. The molecular formula is C22H16N3O+. The van der Waals surface area contributed by atoms with Crippen molar-refractivity contribution in [3.8, 4) is 22.8 Å². The van der Waals surface area contributed by atoms with Crippen molar-refractivity contribution in [2.75, 3.05) is 0 Å². The van der Waals surface area contributed by atoms with Gasteiger partial charge in [-0.3, -0.25) is 0 Å². The third-order valence-corrected chi connectivity index (χ3v) is 5.28. The Hall–Kier alpha value is -3.45. The molecule has 0 spiro atoms. The van der Waals surface area contributed by atoms with E-state index in [0.717, 1.165) is 33.5 Å². The van der Waals surface area contributed by atoms with Gasteiger partial charge in [0.05, 0.1) is 19.2 Å². The summed E-state index contributed by atoms with van der Waals surface area (Å²) in [4.78, 5) is 8.09. The van der Waals surface area contributed by atoms with Crippen LogP contribution in [0.5, 0.6) is 11.5 Å². The Balaban J connectivity index is 2.03. The van der Waals surface area contributed by atoms with Crippen LogP contribution in [-0.4, -0.2) is 4.98 Å². The Labute approximate surface area is 151 Å². The molecule has 1 aliphatic heterocycles. The molecular weight excluding hydrogens is 322 g/mol. The second-order valence-electron chi connectivity index (χ2n) is 6.76. The van der Waals surface area contributed by atoms with Crippen LogP contribution in [-0.2, 0) is 7.05 Å². The lowest BCUT2D eigenvalue weighted by atomic mass is 9.90. The van der Waals surface area contributed by atoms with Crippen molar-refractivity contribution in [3.05, 3.63) is 65.3 Å². The summed E-state index contributed by atoms with van der Waals surface area (Å²) in [6.07, 6.45) is 1.81. The van der Waals surface area contributed by atoms with Gasteiger partial charge in [-0.05, 0) is 47.3 Å². The van der Waals surface area contributed by atoms with Crippen LogP contribution in [0.1, 0.15) is 11.1 Å². The Morgan fingerprint density at radius 2 is 1.81 bits per heavy atom. The SMILES string of the molecule is [C-]#[N+]c1cc2c3c([n+](C)cnc3c1)-c1c(c(C)c3ccccc3c1C)O2. The smallest absolute Gasteiger partial charge is 0.287 e. The van der Waals surface area contributed by atoms with Gasteiger partial charge >= 0.3 is 0 Å². The molecule has 124 valence electrons. The molecule has 26 heavy (non-hydrogen) atoms. The summed E-state index contributed by atoms with van der Waals surface area (Å²) < 4.78 is 8.42. The lowest BCUT2D eigenvalue weighted by Gasteiger charge is -2.24. The zero-order chi connectivity index (χ0) is 18.0. The maximum atomic E-state index is 7.37. The van der Waals surface area contributed by atoms with Gasteiger partial charge < -0.3 is 4.74 Å². The number of nitrogens with zero attached hydrogens (tertiary/aromatic N) is 3. The minimum Gasteiger partial charge on any atom is -0.457 e. The number of aromatic nitrogens is 2. The third kappa shape index (κ3) is 1.77. The van der Waals surface area contributed by atoms with E-state index in [1.165, 1.54) is 16.3 Å². The van der Waals surface area contributed by atoms with Crippen molar-refractivity contribution in [1.82, 2.24) is 4.98 Å². The molecule has 2 heterocycles. The Morgan fingerprint density at radius 3 is 2.54 bits per heavy atom. The molecule has 0 amide bonds.